The Balaban J connectivity index is 2.05. The van der Waals surface area contributed by atoms with Crippen molar-refractivity contribution < 1.29 is 19.1 Å². The van der Waals surface area contributed by atoms with Gasteiger partial charge in [0.2, 0.25) is 0 Å². The van der Waals surface area contributed by atoms with Crippen molar-refractivity contribution in [2.45, 2.75) is 46.0 Å². The predicted octanol–water partition coefficient (Wildman–Crippen LogP) is 5.30. The van der Waals surface area contributed by atoms with Crippen molar-refractivity contribution in [3.8, 4) is 11.5 Å². The summed E-state index contributed by atoms with van der Waals surface area (Å²) < 4.78 is 11.4. The number of anilines is 1. The lowest BCUT2D eigenvalue weighted by Gasteiger charge is -2.19. The molecular formula is C24H27NO4S. The zero-order chi connectivity index (χ0) is 21.8. The normalized spacial score (nSPS) is 14.3. The summed E-state index contributed by atoms with van der Waals surface area (Å²) >= 11 is 1.40. The molecule has 0 saturated carbocycles. The number of ether oxygens (including phenoxy) is 2. The van der Waals surface area contributed by atoms with E-state index < -0.39 is 0 Å². The second-order valence-electron chi connectivity index (χ2n) is 7.41. The number of para-hydroxylation sites is 2. The number of thioether (sulfide) groups is 1. The Hall–Kier alpha value is -2.73. The molecule has 0 spiro atoms. The van der Waals surface area contributed by atoms with E-state index in [0.717, 1.165) is 5.75 Å². The highest BCUT2D eigenvalue weighted by Gasteiger charge is 2.41. The highest BCUT2D eigenvalue weighted by Crippen LogP contribution is 2.42. The van der Waals surface area contributed by atoms with Gasteiger partial charge in [0.15, 0.2) is 0 Å². The van der Waals surface area contributed by atoms with Crippen molar-refractivity contribution in [2.75, 3.05) is 11.5 Å². The van der Waals surface area contributed by atoms with Gasteiger partial charge in [-0.2, -0.15) is 0 Å². The van der Waals surface area contributed by atoms with Gasteiger partial charge in [-0.15, -0.1) is 11.8 Å². The van der Waals surface area contributed by atoms with Gasteiger partial charge in [0.25, 0.3) is 11.8 Å². The molecule has 3 rings (SSSR count). The summed E-state index contributed by atoms with van der Waals surface area (Å²) in [5.41, 5.74) is 1.58. The van der Waals surface area contributed by atoms with E-state index in [4.69, 9.17) is 9.47 Å². The van der Waals surface area contributed by atoms with E-state index in [1.165, 1.54) is 16.7 Å². The minimum absolute atomic E-state index is 0.0578. The van der Waals surface area contributed by atoms with Gasteiger partial charge in [0.05, 0.1) is 28.9 Å². The fraction of sp³-hybridized carbons (Fsp3) is 0.333. The minimum Gasteiger partial charge on any atom is -0.492 e. The molecule has 2 aromatic carbocycles. The Kier molecular flexibility index (Phi) is 6.87. The van der Waals surface area contributed by atoms with Crippen LogP contribution in [0.25, 0.3) is 5.57 Å². The maximum Gasteiger partial charge on any atom is 0.272 e. The van der Waals surface area contributed by atoms with Gasteiger partial charge in [0.1, 0.15) is 11.5 Å². The Morgan fingerprint density at radius 2 is 1.60 bits per heavy atom. The van der Waals surface area contributed by atoms with Crippen LogP contribution in [0.2, 0.25) is 0 Å². The minimum atomic E-state index is -0.340. The Labute approximate surface area is 182 Å². The molecule has 0 bridgehead atoms. The summed E-state index contributed by atoms with van der Waals surface area (Å²) in [7, 11) is 0. The van der Waals surface area contributed by atoms with E-state index in [-0.39, 0.29) is 23.2 Å². The molecule has 0 aliphatic carbocycles. The number of benzene rings is 2. The molecule has 30 heavy (non-hydrogen) atoms. The molecule has 0 radical (unpaired) electrons. The van der Waals surface area contributed by atoms with Gasteiger partial charge in [-0.05, 0) is 50.6 Å². The molecule has 6 heteroatoms. The van der Waals surface area contributed by atoms with E-state index in [1.807, 2.05) is 65.0 Å². The lowest BCUT2D eigenvalue weighted by molar-refractivity contribution is -0.119. The van der Waals surface area contributed by atoms with E-state index in [0.29, 0.717) is 34.1 Å². The summed E-state index contributed by atoms with van der Waals surface area (Å²) in [6, 6.07) is 14.4. The van der Waals surface area contributed by atoms with Crippen LogP contribution in [0.1, 0.15) is 40.2 Å². The molecule has 0 N–H and O–H groups in total. The average Bonchev–Trinajstić information content (AvgIpc) is 2.92. The van der Waals surface area contributed by atoms with Crippen LogP contribution in [0, 0.1) is 0 Å². The Morgan fingerprint density at radius 3 is 2.20 bits per heavy atom. The van der Waals surface area contributed by atoms with Gasteiger partial charge >= 0.3 is 0 Å². The number of imide groups is 1. The second-order valence-corrected chi connectivity index (χ2v) is 8.99. The summed E-state index contributed by atoms with van der Waals surface area (Å²) in [6.45, 7) is 10.2. The van der Waals surface area contributed by atoms with Gasteiger partial charge < -0.3 is 9.47 Å². The first-order valence-electron chi connectivity index (χ1n) is 10.1. The van der Waals surface area contributed by atoms with E-state index in [2.05, 4.69) is 0 Å². The molecule has 0 saturated heterocycles. The zero-order valence-electron chi connectivity index (χ0n) is 18.0. The molecule has 2 aromatic rings. The highest BCUT2D eigenvalue weighted by molar-refractivity contribution is 8.04. The standard InChI is InChI=1S/C24H27NO4S/c1-6-28-20-10-8-7-9-19(20)25-23(26)21(22(24(25)27)30-16(4)5)17-11-13-18(14-12-17)29-15(2)3/h7-16H,6H2,1-5H3. The highest BCUT2D eigenvalue weighted by atomic mass is 32.2. The fourth-order valence-electron chi connectivity index (χ4n) is 3.22. The zero-order valence-corrected chi connectivity index (χ0v) is 18.8. The molecule has 0 unspecified atom stereocenters. The molecule has 0 atom stereocenters. The third kappa shape index (κ3) is 4.54. The molecule has 5 nitrogen and oxygen atoms in total. The Morgan fingerprint density at radius 1 is 0.933 bits per heavy atom. The van der Waals surface area contributed by atoms with Crippen LogP contribution in [-0.2, 0) is 9.59 Å². The molecule has 0 fully saturated rings. The van der Waals surface area contributed by atoms with Crippen LogP contribution in [0.4, 0.5) is 5.69 Å². The van der Waals surface area contributed by atoms with Gasteiger partial charge in [-0.3, -0.25) is 9.59 Å². The number of hydrogen-bond donors (Lipinski definition) is 0. The monoisotopic (exact) mass is 425 g/mol. The molecule has 1 heterocycles. The predicted molar refractivity (Wildman–Crippen MR) is 122 cm³/mol. The molecule has 0 aromatic heterocycles. The Bertz CT molecular complexity index is 963. The lowest BCUT2D eigenvalue weighted by Crippen LogP contribution is -2.31. The lowest BCUT2D eigenvalue weighted by atomic mass is 10.1. The summed E-state index contributed by atoms with van der Waals surface area (Å²) in [5.74, 6) is 0.580. The number of carbonyl (C=O) groups excluding carboxylic acids is 2. The van der Waals surface area contributed by atoms with Crippen molar-refractivity contribution in [1.82, 2.24) is 0 Å². The van der Waals surface area contributed by atoms with E-state index in [9.17, 15) is 9.59 Å². The van der Waals surface area contributed by atoms with Crippen molar-refractivity contribution in [1.29, 1.82) is 0 Å². The fourth-order valence-corrected chi connectivity index (χ4v) is 4.21. The van der Waals surface area contributed by atoms with Crippen LogP contribution in [0.15, 0.2) is 53.4 Å². The molecule has 1 aliphatic heterocycles. The van der Waals surface area contributed by atoms with Crippen molar-refractivity contribution >= 4 is 34.8 Å². The van der Waals surface area contributed by atoms with Crippen molar-refractivity contribution in [2.24, 2.45) is 0 Å². The number of rotatable bonds is 8. The average molecular weight is 426 g/mol. The molecule has 1 aliphatic rings. The largest absolute Gasteiger partial charge is 0.492 e. The van der Waals surface area contributed by atoms with Crippen LogP contribution in [0.3, 0.4) is 0 Å². The summed E-state index contributed by atoms with van der Waals surface area (Å²) in [4.78, 5) is 28.5. The smallest absolute Gasteiger partial charge is 0.272 e. The van der Waals surface area contributed by atoms with Crippen LogP contribution in [-0.4, -0.2) is 29.8 Å². The summed E-state index contributed by atoms with van der Waals surface area (Å²) in [6.07, 6.45) is 0.0578. The van der Waals surface area contributed by atoms with Gasteiger partial charge in [-0.25, -0.2) is 4.90 Å². The van der Waals surface area contributed by atoms with Crippen LogP contribution >= 0.6 is 11.8 Å². The first kappa shape index (κ1) is 22.0. The third-order valence-electron chi connectivity index (χ3n) is 4.32. The number of nitrogens with zero attached hydrogens (tertiary/aromatic N) is 1. The van der Waals surface area contributed by atoms with Crippen LogP contribution in [0.5, 0.6) is 11.5 Å². The third-order valence-corrected chi connectivity index (χ3v) is 5.40. The van der Waals surface area contributed by atoms with Crippen LogP contribution < -0.4 is 14.4 Å². The first-order chi connectivity index (χ1) is 14.3. The maximum absolute atomic E-state index is 13.5. The quantitative estimate of drug-likeness (QED) is 0.537. The number of hydrogen-bond acceptors (Lipinski definition) is 5. The van der Waals surface area contributed by atoms with Gasteiger partial charge in [0, 0.05) is 5.25 Å². The molecule has 2 amide bonds. The SMILES string of the molecule is CCOc1ccccc1N1C(=O)C(SC(C)C)=C(c2ccc(OC(C)C)cc2)C1=O. The summed E-state index contributed by atoms with van der Waals surface area (Å²) in [5, 5.41) is 0.150. The number of carbonyl (C=O) groups is 2. The van der Waals surface area contributed by atoms with Crippen molar-refractivity contribution in [3.63, 3.8) is 0 Å². The first-order valence-corrected chi connectivity index (χ1v) is 11.0. The van der Waals surface area contributed by atoms with Crippen molar-refractivity contribution in [3.05, 3.63) is 59.0 Å². The van der Waals surface area contributed by atoms with Gasteiger partial charge in [-0.1, -0.05) is 38.1 Å². The molecular weight excluding hydrogens is 398 g/mol. The molecule has 158 valence electrons. The second kappa shape index (κ2) is 9.39. The van der Waals surface area contributed by atoms with E-state index in [1.54, 1.807) is 18.2 Å². The maximum atomic E-state index is 13.5. The number of amides is 2. The van der Waals surface area contributed by atoms with E-state index >= 15 is 0 Å². The topological polar surface area (TPSA) is 55.8 Å².